The van der Waals surface area contributed by atoms with Gasteiger partial charge in [0.2, 0.25) is 0 Å². The molecule has 1 aromatic carbocycles. The van der Waals surface area contributed by atoms with E-state index in [4.69, 9.17) is 0 Å². The summed E-state index contributed by atoms with van der Waals surface area (Å²) in [5.74, 6) is 1.86. The second-order valence-corrected chi connectivity index (χ2v) is 6.26. The van der Waals surface area contributed by atoms with Crippen LogP contribution in [0.25, 0.3) is 0 Å². The van der Waals surface area contributed by atoms with Crippen LogP contribution in [-0.2, 0) is 0 Å². The molecule has 2 saturated carbocycles. The number of aryl methyl sites for hydroxylation is 1. The van der Waals surface area contributed by atoms with Crippen LogP contribution in [0, 0.1) is 12.8 Å². The van der Waals surface area contributed by atoms with Crippen LogP contribution in [0.4, 0.5) is 0 Å². The first-order valence-corrected chi connectivity index (χ1v) is 7.62. The summed E-state index contributed by atoms with van der Waals surface area (Å²) in [5, 5.41) is 3.74. The first kappa shape index (κ1) is 12.2. The summed E-state index contributed by atoms with van der Waals surface area (Å²) in [6.07, 6.45) is 8.54. The maximum Gasteiger partial charge on any atom is 0.00787 e. The molecule has 1 N–H and O–H groups in total. The zero-order valence-corrected chi connectivity index (χ0v) is 11.5. The molecule has 0 aromatic heterocycles. The Balaban J connectivity index is 1.39. The standard InChI is InChI=1S/C17H25N/c1-13-5-2-3-8-17(13)15-11-16(12-15)18-10-9-14-6-4-7-14/h2-3,5,8,14-16,18H,4,6-7,9-12H2,1H3. The number of rotatable bonds is 5. The molecule has 0 atom stereocenters. The lowest BCUT2D eigenvalue weighted by Crippen LogP contribution is -2.41. The average molecular weight is 243 g/mol. The molecular formula is C17H25N. The lowest BCUT2D eigenvalue weighted by molar-refractivity contribution is 0.253. The zero-order chi connectivity index (χ0) is 12.4. The highest BCUT2D eigenvalue weighted by Gasteiger charge is 2.30. The van der Waals surface area contributed by atoms with Gasteiger partial charge in [-0.3, -0.25) is 0 Å². The Morgan fingerprint density at radius 1 is 1.17 bits per heavy atom. The molecular weight excluding hydrogens is 218 g/mol. The van der Waals surface area contributed by atoms with Crippen molar-refractivity contribution in [2.45, 2.75) is 57.4 Å². The van der Waals surface area contributed by atoms with Crippen LogP contribution < -0.4 is 5.32 Å². The van der Waals surface area contributed by atoms with Gasteiger partial charge in [-0.15, -0.1) is 0 Å². The van der Waals surface area contributed by atoms with Crippen LogP contribution in [0.15, 0.2) is 24.3 Å². The topological polar surface area (TPSA) is 12.0 Å². The summed E-state index contributed by atoms with van der Waals surface area (Å²) < 4.78 is 0. The molecule has 0 saturated heterocycles. The van der Waals surface area contributed by atoms with E-state index in [9.17, 15) is 0 Å². The summed E-state index contributed by atoms with van der Waals surface area (Å²) in [4.78, 5) is 0. The van der Waals surface area contributed by atoms with Crippen LogP contribution in [0.3, 0.4) is 0 Å². The lowest BCUT2D eigenvalue weighted by atomic mass is 9.74. The molecule has 2 aliphatic carbocycles. The number of hydrogen-bond acceptors (Lipinski definition) is 1. The van der Waals surface area contributed by atoms with E-state index in [0.717, 1.165) is 17.9 Å². The van der Waals surface area contributed by atoms with Crippen molar-refractivity contribution >= 4 is 0 Å². The Kier molecular flexibility index (Phi) is 3.69. The van der Waals surface area contributed by atoms with Gasteiger partial charge in [0.25, 0.3) is 0 Å². The van der Waals surface area contributed by atoms with E-state index in [1.54, 1.807) is 5.56 Å². The van der Waals surface area contributed by atoms with Gasteiger partial charge < -0.3 is 5.32 Å². The van der Waals surface area contributed by atoms with E-state index in [-0.39, 0.29) is 0 Å². The molecule has 0 heterocycles. The van der Waals surface area contributed by atoms with Gasteiger partial charge in [-0.25, -0.2) is 0 Å². The van der Waals surface area contributed by atoms with E-state index < -0.39 is 0 Å². The van der Waals surface area contributed by atoms with E-state index >= 15 is 0 Å². The van der Waals surface area contributed by atoms with E-state index in [2.05, 4.69) is 36.5 Å². The molecule has 0 bridgehead atoms. The average Bonchev–Trinajstić information content (AvgIpc) is 2.26. The smallest absolute Gasteiger partial charge is 0.00787 e. The van der Waals surface area contributed by atoms with E-state index in [1.807, 2.05) is 0 Å². The molecule has 3 rings (SSSR count). The molecule has 1 heteroatoms. The van der Waals surface area contributed by atoms with Crippen molar-refractivity contribution in [1.82, 2.24) is 5.32 Å². The van der Waals surface area contributed by atoms with Gasteiger partial charge in [0.15, 0.2) is 0 Å². The fraction of sp³-hybridized carbons (Fsp3) is 0.647. The molecule has 0 spiro atoms. The van der Waals surface area contributed by atoms with Crippen molar-refractivity contribution in [3.63, 3.8) is 0 Å². The Bertz CT molecular complexity index is 388. The minimum absolute atomic E-state index is 0.787. The molecule has 98 valence electrons. The van der Waals surface area contributed by atoms with Crippen LogP contribution in [-0.4, -0.2) is 12.6 Å². The van der Waals surface area contributed by atoms with Crippen molar-refractivity contribution in [3.05, 3.63) is 35.4 Å². The van der Waals surface area contributed by atoms with Gasteiger partial charge in [0.1, 0.15) is 0 Å². The lowest BCUT2D eigenvalue weighted by Gasteiger charge is -2.38. The third kappa shape index (κ3) is 2.61. The first-order chi connectivity index (χ1) is 8.83. The molecule has 0 radical (unpaired) electrons. The molecule has 18 heavy (non-hydrogen) atoms. The van der Waals surface area contributed by atoms with Crippen molar-refractivity contribution in [3.8, 4) is 0 Å². The van der Waals surface area contributed by atoms with Crippen molar-refractivity contribution in [2.75, 3.05) is 6.54 Å². The summed E-state index contributed by atoms with van der Waals surface area (Å²) in [7, 11) is 0. The van der Waals surface area contributed by atoms with Gasteiger partial charge in [-0.05, 0) is 55.7 Å². The molecule has 2 aliphatic rings. The van der Waals surface area contributed by atoms with Gasteiger partial charge in [-0.2, -0.15) is 0 Å². The van der Waals surface area contributed by atoms with Gasteiger partial charge in [0.05, 0.1) is 0 Å². The maximum atomic E-state index is 3.74. The molecule has 1 nitrogen and oxygen atoms in total. The normalized spacial score (nSPS) is 27.6. The maximum absolute atomic E-state index is 3.74. The fourth-order valence-corrected chi connectivity index (χ4v) is 3.36. The molecule has 2 fully saturated rings. The van der Waals surface area contributed by atoms with Crippen LogP contribution in [0.2, 0.25) is 0 Å². The van der Waals surface area contributed by atoms with Gasteiger partial charge >= 0.3 is 0 Å². The highest BCUT2D eigenvalue weighted by molar-refractivity contribution is 5.31. The van der Waals surface area contributed by atoms with Crippen molar-refractivity contribution in [2.24, 2.45) is 5.92 Å². The highest BCUT2D eigenvalue weighted by atomic mass is 14.9. The Morgan fingerprint density at radius 2 is 1.94 bits per heavy atom. The van der Waals surface area contributed by atoms with Crippen LogP contribution in [0.5, 0.6) is 0 Å². The summed E-state index contributed by atoms with van der Waals surface area (Å²) in [5.41, 5.74) is 3.05. The highest BCUT2D eigenvalue weighted by Crippen LogP contribution is 2.38. The number of benzene rings is 1. The summed E-state index contributed by atoms with van der Waals surface area (Å²) >= 11 is 0. The predicted octanol–water partition coefficient (Wildman–Crippen LogP) is 4.02. The third-order valence-electron chi connectivity index (χ3n) is 4.98. The number of hydrogen-bond donors (Lipinski definition) is 1. The van der Waals surface area contributed by atoms with Crippen molar-refractivity contribution < 1.29 is 0 Å². The predicted molar refractivity (Wildman–Crippen MR) is 76.9 cm³/mol. The Labute approximate surface area is 111 Å². The third-order valence-corrected chi connectivity index (χ3v) is 4.98. The van der Waals surface area contributed by atoms with E-state index in [1.165, 1.54) is 50.6 Å². The zero-order valence-electron chi connectivity index (χ0n) is 11.5. The second kappa shape index (κ2) is 5.44. The summed E-state index contributed by atoms with van der Waals surface area (Å²) in [6.45, 7) is 3.49. The molecule has 0 aliphatic heterocycles. The van der Waals surface area contributed by atoms with Crippen molar-refractivity contribution in [1.29, 1.82) is 0 Å². The molecule has 0 amide bonds. The monoisotopic (exact) mass is 243 g/mol. The Morgan fingerprint density at radius 3 is 2.61 bits per heavy atom. The minimum atomic E-state index is 0.787. The van der Waals surface area contributed by atoms with E-state index in [0.29, 0.717) is 0 Å². The number of nitrogens with one attached hydrogen (secondary N) is 1. The van der Waals surface area contributed by atoms with Crippen LogP contribution >= 0.6 is 0 Å². The Hall–Kier alpha value is -0.820. The van der Waals surface area contributed by atoms with Gasteiger partial charge in [-0.1, -0.05) is 43.5 Å². The quantitative estimate of drug-likeness (QED) is 0.823. The minimum Gasteiger partial charge on any atom is -0.314 e. The molecule has 1 aromatic rings. The SMILES string of the molecule is Cc1ccccc1C1CC(NCCC2CCC2)C1. The molecule has 0 unspecified atom stereocenters. The second-order valence-electron chi connectivity index (χ2n) is 6.26. The fourth-order valence-electron chi connectivity index (χ4n) is 3.36. The summed E-state index contributed by atoms with van der Waals surface area (Å²) in [6, 6.07) is 9.66. The van der Waals surface area contributed by atoms with Crippen LogP contribution in [0.1, 0.15) is 55.6 Å². The van der Waals surface area contributed by atoms with Gasteiger partial charge in [0, 0.05) is 6.04 Å². The first-order valence-electron chi connectivity index (χ1n) is 7.62. The largest absolute Gasteiger partial charge is 0.314 e.